The zero-order chi connectivity index (χ0) is 18.8. The van der Waals surface area contributed by atoms with E-state index in [-0.39, 0.29) is 18.4 Å². The first-order chi connectivity index (χ1) is 11.6. The van der Waals surface area contributed by atoms with Crippen molar-refractivity contribution in [3.05, 3.63) is 33.8 Å². The molecule has 0 saturated carbocycles. The zero-order valence-electron chi connectivity index (χ0n) is 14.0. The predicted octanol–water partition coefficient (Wildman–Crippen LogP) is 2.83. The van der Waals surface area contributed by atoms with Crippen molar-refractivity contribution in [3.8, 4) is 0 Å². The molecule has 6 nitrogen and oxygen atoms in total. The number of carbonyl (C=O) groups excluding carboxylic acids is 2. The third-order valence-corrected chi connectivity index (χ3v) is 4.96. The Kier molecular flexibility index (Phi) is 5.95. The molecule has 0 aromatic heterocycles. The first-order valence-corrected chi connectivity index (χ1v) is 8.67. The molecule has 0 spiro atoms. The number of halogens is 2. The highest BCUT2D eigenvalue weighted by Gasteiger charge is 2.34. The fourth-order valence-electron chi connectivity index (χ4n) is 2.65. The molecule has 0 bridgehead atoms. The highest BCUT2D eigenvalue weighted by atomic mass is 35.5. The number of likely N-dealkylation sites (tertiary alicyclic amines) is 1. The number of carboxylic acids is 1. The molecule has 136 valence electrons. The number of amides is 2. The Morgan fingerprint density at radius 2 is 1.92 bits per heavy atom. The number of nitrogens with one attached hydrogen (secondary N) is 1. The summed E-state index contributed by atoms with van der Waals surface area (Å²) < 4.78 is 0. The van der Waals surface area contributed by atoms with Crippen molar-refractivity contribution in [3.63, 3.8) is 0 Å². The average Bonchev–Trinajstić information content (AvgIpc) is 2.56. The number of nitrogens with zero attached hydrogens (tertiary/aromatic N) is 1. The fourth-order valence-corrected chi connectivity index (χ4v) is 2.95. The summed E-state index contributed by atoms with van der Waals surface area (Å²) in [6, 6.07) is 4.65. The molecule has 1 aromatic rings. The highest BCUT2D eigenvalue weighted by Crippen LogP contribution is 2.25. The van der Waals surface area contributed by atoms with E-state index in [0.29, 0.717) is 35.0 Å². The summed E-state index contributed by atoms with van der Waals surface area (Å²) in [6.07, 6.45) is 1.27. The number of aliphatic carboxylic acids is 1. The van der Waals surface area contributed by atoms with E-state index in [1.807, 2.05) is 0 Å². The van der Waals surface area contributed by atoms with Gasteiger partial charge in [0.15, 0.2) is 0 Å². The monoisotopic (exact) mass is 386 g/mol. The molecule has 0 radical (unpaired) electrons. The van der Waals surface area contributed by atoms with Crippen molar-refractivity contribution < 1.29 is 19.5 Å². The lowest BCUT2D eigenvalue weighted by atomic mass is 9.94. The number of piperidine rings is 1. The van der Waals surface area contributed by atoms with Gasteiger partial charge in [0, 0.05) is 18.7 Å². The first-order valence-electron chi connectivity index (χ1n) is 7.91. The summed E-state index contributed by atoms with van der Waals surface area (Å²) in [7, 11) is 0. The number of rotatable bonds is 4. The lowest BCUT2D eigenvalue weighted by molar-refractivity contribution is -0.147. The smallest absolute Gasteiger partial charge is 0.328 e. The lowest BCUT2D eigenvalue weighted by Crippen LogP contribution is -2.54. The molecule has 1 atom stereocenters. The van der Waals surface area contributed by atoms with Crippen LogP contribution < -0.4 is 5.32 Å². The van der Waals surface area contributed by atoms with Crippen molar-refractivity contribution in [2.75, 3.05) is 13.1 Å². The van der Waals surface area contributed by atoms with E-state index in [2.05, 4.69) is 5.32 Å². The maximum absolute atomic E-state index is 12.6. The standard InChI is InChI=1S/C17H20Cl2N2O4/c1-17(2,16(24)25)20-14(22)11-4-3-7-21(9-11)15(23)10-5-6-12(18)13(19)8-10/h5-6,8,11H,3-4,7,9H2,1-2H3,(H,20,22)(H,24,25). The summed E-state index contributed by atoms with van der Waals surface area (Å²) in [4.78, 5) is 37.7. The van der Waals surface area contributed by atoms with E-state index in [9.17, 15) is 14.4 Å². The topological polar surface area (TPSA) is 86.7 Å². The van der Waals surface area contributed by atoms with Crippen LogP contribution in [0.5, 0.6) is 0 Å². The maximum Gasteiger partial charge on any atom is 0.328 e. The van der Waals surface area contributed by atoms with Crippen molar-refractivity contribution >= 4 is 41.0 Å². The minimum atomic E-state index is -1.35. The number of benzene rings is 1. The first kappa shape index (κ1) is 19.5. The van der Waals surface area contributed by atoms with E-state index in [1.165, 1.54) is 19.9 Å². The Bertz CT molecular complexity index is 706. The predicted molar refractivity (Wildman–Crippen MR) is 94.9 cm³/mol. The van der Waals surface area contributed by atoms with Gasteiger partial charge in [0.25, 0.3) is 5.91 Å². The van der Waals surface area contributed by atoms with Gasteiger partial charge in [0.2, 0.25) is 5.91 Å². The van der Waals surface area contributed by atoms with Crippen molar-refractivity contribution in [1.82, 2.24) is 10.2 Å². The molecule has 25 heavy (non-hydrogen) atoms. The van der Waals surface area contributed by atoms with Crippen molar-refractivity contribution in [1.29, 1.82) is 0 Å². The third kappa shape index (κ3) is 4.64. The van der Waals surface area contributed by atoms with Crippen LogP contribution in [-0.2, 0) is 9.59 Å². The number of hydrogen-bond donors (Lipinski definition) is 2. The molecule has 1 fully saturated rings. The van der Waals surface area contributed by atoms with E-state index in [4.69, 9.17) is 28.3 Å². The molecule has 1 saturated heterocycles. The minimum absolute atomic E-state index is 0.228. The van der Waals surface area contributed by atoms with Crippen LogP contribution in [0.4, 0.5) is 0 Å². The SMILES string of the molecule is CC(C)(NC(=O)C1CCCN(C(=O)c2ccc(Cl)c(Cl)c2)C1)C(=O)O. The van der Waals surface area contributed by atoms with Gasteiger partial charge < -0.3 is 15.3 Å². The molecule has 8 heteroatoms. The van der Waals surface area contributed by atoms with Crippen LogP contribution in [0.25, 0.3) is 0 Å². The summed E-state index contributed by atoms with van der Waals surface area (Å²) in [5.41, 5.74) is -0.950. The van der Waals surface area contributed by atoms with Crippen LogP contribution in [0.2, 0.25) is 10.0 Å². The molecular formula is C17H20Cl2N2O4. The molecule has 2 rings (SSSR count). The summed E-state index contributed by atoms with van der Waals surface area (Å²) in [5.74, 6) is -2.15. The Morgan fingerprint density at radius 3 is 2.52 bits per heavy atom. The molecule has 2 amide bonds. The highest BCUT2D eigenvalue weighted by molar-refractivity contribution is 6.42. The van der Waals surface area contributed by atoms with Gasteiger partial charge in [0.05, 0.1) is 16.0 Å². The van der Waals surface area contributed by atoms with Crippen LogP contribution in [0.1, 0.15) is 37.0 Å². The maximum atomic E-state index is 12.6. The van der Waals surface area contributed by atoms with Gasteiger partial charge in [-0.25, -0.2) is 4.79 Å². The average molecular weight is 387 g/mol. The van der Waals surface area contributed by atoms with Crippen molar-refractivity contribution in [2.24, 2.45) is 5.92 Å². The van der Waals surface area contributed by atoms with E-state index >= 15 is 0 Å². The second kappa shape index (κ2) is 7.62. The number of carbonyl (C=O) groups is 3. The molecular weight excluding hydrogens is 367 g/mol. The Balaban J connectivity index is 2.07. The van der Waals surface area contributed by atoms with Gasteiger partial charge in [-0.1, -0.05) is 23.2 Å². The quantitative estimate of drug-likeness (QED) is 0.832. The fraction of sp³-hybridized carbons (Fsp3) is 0.471. The molecule has 2 N–H and O–H groups in total. The van der Waals surface area contributed by atoms with Gasteiger partial charge >= 0.3 is 5.97 Å². The largest absolute Gasteiger partial charge is 0.480 e. The van der Waals surface area contributed by atoms with Gasteiger partial charge in [-0.3, -0.25) is 9.59 Å². The zero-order valence-corrected chi connectivity index (χ0v) is 15.5. The van der Waals surface area contributed by atoms with Gasteiger partial charge in [0.1, 0.15) is 5.54 Å². The number of hydrogen-bond acceptors (Lipinski definition) is 3. The van der Waals surface area contributed by atoms with E-state index in [1.54, 1.807) is 17.0 Å². The molecule has 1 aliphatic rings. The molecule has 1 aromatic carbocycles. The van der Waals surface area contributed by atoms with E-state index in [0.717, 1.165) is 0 Å². The lowest BCUT2D eigenvalue weighted by Gasteiger charge is -2.33. The summed E-state index contributed by atoms with van der Waals surface area (Å²) in [6.45, 7) is 3.62. The van der Waals surface area contributed by atoms with Crippen LogP contribution in [0, 0.1) is 5.92 Å². The second-order valence-corrected chi connectivity index (χ2v) is 7.45. The van der Waals surface area contributed by atoms with Gasteiger partial charge in [-0.15, -0.1) is 0 Å². The normalized spacial score (nSPS) is 17.9. The molecule has 0 aliphatic carbocycles. The van der Waals surface area contributed by atoms with Crippen LogP contribution in [0.15, 0.2) is 18.2 Å². The Labute approximate surface area is 156 Å². The van der Waals surface area contributed by atoms with Crippen molar-refractivity contribution in [2.45, 2.75) is 32.2 Å². The summed E-state index contributed by atoms with van der Waals surface area (Å²) >= 11 is 11.8. The number of carboxylic acid groups (broad SMARTS) is 1. The molecule has 1 unspecified atom stereocenters. The Morgan fingerprint density at radius 1 is 1.24 bits per heavy atom. The van der Waals surface area contributed by atoms with Gasteiger partial charge in [-0.2, -0.15) is 0 Å². The van der Waals surface area contributed by atoms with Crippen LogP contribution >= 0.6 is 23.2 Å². The van der Waals surface area contributed by atoms with Crippen LogP contribution in [-0.4, -0.2) is 46.4 Å². The Hall–Kier alpha value is -1.79. The van der Waals surface area contributed by atoms with Gasteiger partial charge in [-0.05, 0) is 44.9 Å². The molecule has 1 aliphatic heterocycles. The minimum Gasteiger partial charge on any atom is -0.480 e. The van der Waals surface area contributed by atoms with E-state index < -0.39 is 17.4 Å². The second-order valence-electron chi connectivity index (χ2n) is 6.64. The molecule has 1 heterocycles. The third-order valence-electron chi connectivity index (χ3n) is 4.22. The summed E-state index contributed by atoms with van der Waals surface area (Å²) in [5, 5.41) is 12.3. The van der Waals surface area contributed by atoms with Crippen LogP contribution in [0.3, 0.4) is 0 Å².